The number of hydrogen-bond acceptors (Lipinski definition) is 5. The van der Waals surface area contributed by atoms with E-state index in [0.29, 0.717) is 6.61 Å². The lowest BCUT2D eigenvalue weighted by atomic mass is 9.98. The van der Waals surface area contributed by atoms with Crippen molar-refractivity contribution in [2.75, 3.05) is 13.7 Å². The minimum atomic E-state index is -0.801. The summed E-state index contributed by atoms with van der Waals surface area (Å²) in [6.07, 6.45) is -2.08. The van der Waals surface area contributed by atoms with Crippen LogP contribution in [0.25, 0.3) is 0 Å². The van der Waals surface area contributed by atoms with Gasteiger partial charge in [-0.3, -0.25) is 4.79 Å². The third kappa shape index (κ3) is 1.85. The maximum Gasteiger partial charge on any atom is 0.217 e. The number of rotatable bonds is 2. The van der Waals surface area contributed by atoms with E-state index in [0.717, 1.165) is 0 Å². The first-order valence-electron chi connectivity index (χ1n) is 4.88. The number of carbonyl (C=O) groups is 1. The van der Waals surface area contributed by atoms with Crippen LogP contribution in [0.1, 0.15) is 6.92 Å². The van der Waals surface area contributed by atoms with E-state index in [2.05, 4.69) is 5.32 Å². The molecule has 2 heterocycles. The van der Waals surface area contributed by atoms with E-state index in [4.69, 9.17) is 14.2 Å². The molecule has 0 spiro atoms. The Morgan fingerprint density at radius 3 is 2.93 bits per heavy atom. The molecule has 0 aliphatic carbocycles. The van der Waals surface area contributed by atoms with Gasteiger partial charge in [-0.15, -0.1) is 0 Å². The first-order valence-corrected chi connectivity index (χ1v) is 4.88. The van der Waals surface area contributed by atoms with Crippen LogP contribution >= 0.6 is 0 Å². The Kier molecular flexibility index (Phi) is 2.92. The second-order valence-corrected chi connectivity index (χ2v) is 3.79. The zero-order valence-corrected chi connectivity index (χ0v) is 8.67. The van der Waals surface area contributed by atoms with Gasteiger partial charge in [0.05, 0.1) is 6.61 Å². The average molecular weight is 217 g/mol. The van der Waals surface area contributed by atoms with Gasteiger partial charge in [-0.05, 0) is 0 Å². The van der Waals surface area contributed by atoms with Crippen molar-refractivity contribution in [1.82, 2.24) is 5.32 Å². The van der Waals surface area contributed by atoms with Crippen LogP contribution < -0.4 is 5.32 Å². The second kappa shape index (κ2) is 4.05. The van der Waals surface area contributed by atoms with Gasteiger partial charge in [-0.1, -0.05) is 0 Å². The number of amides is 1. The van der Waals surface area contributed by atoms with Crippen LogP contribution in [0.4, 0.5) is 0 Å². The Hall–Kier alpha value is -0.690. The lowest BCUT2D eigenvalue weighted by Crippen LogP contribution is -2.60. The summed E-state index contributed by atoms with van der Waals surface area (Å²) in [6, 6.07) is -0.564. The van der Waals surface area contributed by atoms with Crippen molar-refractivity contribution in [3.8, 4) is 0 Å². The minimum absolute atomic E-state index is 0.230. The smallest absolute Gasteiger partial charge is 0.217 e. The summed E-state index contributed by atoms with van der Waals surface area (Å²) in [7, 11) is 1.50. The summed E-state index contributed by atoms with van der Waals surface area (Å²) >= 11 is 0. The maximum absolute atomic E-state index is 11.0. The largest absolute Gasteiger partial charge is 0.388 e. The lowest BCUT2D eigenvalue weighted by Gasteiger charge is -2.37. The summed E-state index contributed by atoms with van der Waals surface area (Å²) in [6.45, 7) is 1.77. The van der Waals surface area contributed by atoms with Gasteiger partial charge in [-0.25, -0.2) is 0 Å². The molecule has 2 fully saturated rings. The van der Waals surface area contributed by atoms with Gasteiger partial charge in [-0.2, -0.15) is 0 Å². The molecular weight excluding hydrogens is 202 g/mol. The van der Waals surface area contributed by atoms with Gasteiger partial charge in [0.25, 0.3) is 0 Å². The Morgan fingerprint density at radius 2 is 2.33 bits per heavy atom. The van der Waals surface area contributed by atoms with E-state index in [1.165, 1.54) is 14.0 Å². The molecule has 2 aliphatic rings. The molecule has 0 aromatic carbocycles. The highest BCUT2D eigenvalue weighted by molar-refractivity contribution is 5.73. The topological polar surface area (TPSA) is 77.0 Å². The van der Waals surface area contributed by atoms with Crippen molar-refractivity contribution in [1.29, 1.82) is 0 Å². The minimum Gasteiger partial charge on any atom is -0.388 e. The van der Waals surface area contributed by atoms with E-state index >= 15 is 0 Å². The monoisotopic (exact) mass is 217 g/mol. The highest BCUT2D eigenvalue weighted by Crippen LogP contribution is 2.29. The van der Waals surface area contributed by atoms with Crippen molar-refractivity contribution in [3.05, 3.63) is 0 Å². The Balaban J connectivity index is 2.12. The molecule has 6 heteroatoms. The van der Waals surface area contributed by atoms with Crippen molar-refractivity contribution in [2.45, 2.75) is 37.6 Å². The van der Waals surface area contributed by atoms with Gasteiger partial charge >= 0.3 is 0 Å². The number of aliphatic hydroxyl groups excluding tert-OH is 1. The molecule has 86 valence electrons. The van der Waals surface area contributed by atoms with E-state index in [9.17, 15) is 9.90 Å². The van der Waals surface area contributed by atoms with E-state index < -0.39 is 24.5 Å². The molecule has 0 aromatic heterocycles. The van der Waals surface area contributed by atoms with Crippen LogP contribution in [-0.2, 0) is 19.0 Å². The van der Waals surface area contributed by atoms with Gasteiger partial charge in [0.15, 0.2) is 6.29 Å². The Morgan fingerprint density at radius 1 is 1.60 bits per heavy atom. The number of nitrogens with one attached hydrogen (secondary N) is 1. The highest BCUT2D eigenvalue weighted by atomic mass is 16.7. The molecule has 6 nitrogen and oxygen atoms in total. The fraction of sp³-hybridized carbons (Fsp3) is 0.889. The molecule has 2 aliphatic heterocycles. The molecule has 0 saturated carbocycles. The highest BCUT2D eigenvalue weighted by Gasteiger charge is 2.50. The average Bonchev–Trinajstić information content (AvgIpc) is 2.59. The fourth-order valence-electron chi connectivity index (χ4n) is 2.07. The summed E-state index contributed by atoms with van der Waals surface area (Å²) in [5.41, 5.74) is 0. The van der Waals surface area contributed by atoms with Gasteiger partial charge in [0, 0.05) is 14.0 Å². The van der Waals surface area contributed by atoms with Crippen LogP contribution in [0.5, 0.6) is 0 Å². The van der Waals surface area contributed by atoms with Crippen LogP contribution in [0.3, 0.4) is 0 Å². The molecule has 2 N–H and O–H groups in total. The molecule has 1 amide bonds. The molecular formula is C9H15NO5. The van der Waals surface area contributed by atoms with Gasteiger partial charge < -0.3 is 24.6 Å². The van der Waals surface area contributed by atoms with Crippen molar-refractivity contribution >= 4 is 5.91 Å². The van der Waals surface area contributed by atoms with Crippen LogP contribution in [0.2, 0.25) is 0 Å². The molecule has 2 saturated heterocycles. The van der Waals surface area contributed by atoms with Crippen molar-refractivity contribution in [2.24, 2.45) is 0 Å². The van der Waals surface area contributed by atoms with Crippen LogP contribution in [0.15, 0.2) is 0 Å². The van der Waals surface area contributed by atoms with E-state index in [1.807, 2.05) is 0 Å². The molecule has 0 aromatic rings. The predicted octanol–water partition coefficient (Wildman–Crippen LogP) is -1.38. The number of fused-ring (bicyclic) bond motifs is 2. The number of hydrogen-bond donors (Lipinski definition) is 2. The normalized spacial score (nSPS) is 44.1. The number of ether oxygens (including phenoxy) is 3. The lowest BCUT2D eigenvalue weighted by molar-refractivity contribution is -0.193. The van der Waals surface area contributed by atoms with Gasteiger partial charge in [0.2, 0.25) is 5.91 Å². The van der Waals surface area contributed by atoms with Gasteiger partial charge in [0.1, 0.15) is 24.4 Å². The van der Waals surface area contributed by atoms with E-state index in [-0.39, 0.29) is 12.0 Å². The number of methoxy groups -OCH3 is 1. The molecule has 15 heavy (non-hydrogen) atoms. The van der Waals surface area contributed by atoms with Crippen LogP contribution in [-0.4, -0.2) is 55.4 Å². The molecule has 0 unspecified atom stereocenters. The standard InChI is InChI=1S/C9H15NO5/c1-4(11)10-6-7(12)8(13-2)5-3-14-9(6)15-5/h5-9,12H,3H2,1-2H3,(H,10,11)/t5-,6+,7-,8-,9+/m1/s1. The SMILES string of the molecule is CO[C@H]1[C@H](O)[C@H](NC(C)=O)[C@H]2OC[C@H]1O2. The number of carbonyl (C=O) groups excluding carboxylic acids is 1. The maximum atomic E-state index is 11.0. The predicted molar refractivity (Wildman–Crippen MR) is 49.0 cm³/mol. The third-order valence-electron chi connectivity index (χ3n) is 2.74. The molecule has 2 rings (SSSR count). The first-order chi connectivity index (χ1) is 7.13. The summed E-state index contributed by atoms with van der Waals surface area (Å²) in [5, 5.41) is 12.6. The van der Waals surface area contributed by atoms with Crippen molar-refractivity contribution in [3.63, 3.8) is 0 Å². The molecule has 2 bridgehead atoms. The Labute approximate surface area is 87.5 Å². The zero-order chi connectivity index (χ0) is 11.0. The molecule has 0 radical (unpaired) electrons. The Bertz CT molecular complexity index is 259. The first kappa shape index (κ1) is 10.8. The fourth-order valence-corrected chi connectivity index (χ4v) is 2.07. The van der Waals surface area contributed by atoms with Crippen LogP contribution in [0, 0.1) is 0 Å². The summed E-state index contributed by atoms with van der Waals surface area (Å²) in [5.74, 6) is -0.230. The van der Waals surface area contributed by atoms with Crippen molar-refractivity contribution < 1.29 is 24.1 Å². The number of aliphatic hydroxyl groups is 1. The summed E-state index contributed by atoms with van der Waals surface area (Å²) < 4.78 is 15.9. The van der Waals surface area contributed by atoms with E-state index in [1.54, 1.807) is 0 Å². The molecule has 5 atom stereocenters. The quantitative estimate of drug-likeness (QED) is 0.596. The summed E-state index contributed by atoms with van der Waals surface area (Å²) in [4.78, 5) is 11.0. The second-order valence-electron chi connectivity index (χ2n) is 3.79. The zero-order valence-electron chi connectivity index (χ0n) is 8.67. The third-order valence-corrected chi connectivity index (χ3v) is 2.74.